The number of carbonyl (C=O) groups is 2. The van der Waals surface area contributed by atoms with Gasteiger partial charge >= 0.3 is 0 Å². The van der Waals surface area contributed by atoms with Crippen LogP contribution in [-0.4, -0.2) is 50.1 Å². The van der Waals surface area contributed by atoms with E-state index in [0.29, 0.717) is 45.8 Å². The minimum absolute atomic E-state index is 0.0270. The molecule has 7 nitrogen and oxygen atoms in total. The Hall–Kier alpha value is -3.42. The number of nitrogens with zero attached hydrogens (tertiary/aromatic N) is 1. The Morgan fingerprint density at radius 1 is 0.895 bits per heavy atom. The van der Waals surface area contributed by atoms with E-state index in [0.717, 1.165) is 12.0 Å². The van der Waals surface area contributed by atoms with Crippen LogP contribution in [-0.2, 0) is 22.6 Å². The van der Waals surface area contributed by atoms with Crippen LogP contribution in [0.4, 0.5) is 0 Å². The van der Waals surface area contributed by atoms with E-state index in [4.69, 9.17) is 37.4 Å². The molecule has 0 saturated carbocycles. The van der Waals surface area contributed by atoms with E-state index in [2.05, 4.69) is 5.32 Å². The maximum absolute atomic E-state index is 13.7. The molecule has 9 heteroatoms. The smallest absolute Gasteiger partial charge is 0.261 e. The molecule has 0 aliphatic rings. The van der Waals surface area contributed by atoms with Gasteiger partial charge in [0.15, 0.2) is 6.61 Å². The highest BCUT2D eigenvalue weighted by Crippen LogP contribution is 2.29. The number of nitrogens with one attached hydrogen (secondary N) is 1. The molecule has 0 heterocycles. The third-order valence-corrected chi connectivity index (χ3v) is 6.61. The second-order valence-electron chi connectivity index (χ2n) is 8.56. The zero-order chi connectivity index (χ0) is 27.5. The molecule has 3 aromatic rings. The van der Waals surface area contributed by atoms with Crippen LogP contribution in [0.1, 0.15) is 24.5 Å². The number of amides is 2. The van der Waals surface area contributed by atoms with Crippen LogP contribution in [0.5, 0.6) is 17.2 Å². The van der Waals surface area contributed by atoms with E-state index < -0.39 is 11.9 Å². The predicted octanol–water partition coefficient (Wildman–Crippen LogP) is 5.56. The first kappa shape index (κ1) is 29.1. The second-order valence-corrected chi connectivity index (χ2v) is 9.37. The third kappa shape index (κ3) is 8.04. The van der Waals surface area contributed by atoms with Gasteiger partial charge in [-0.15, -0.1) is 0 Å². The molecule has 0 fully saturated rings. The van der Waals surface area contributed by atoms with Gasteiger partial charge in [-0.05, 0) is 24.1 Å². The summed E-state index contributed by atoms with van der Waals surface area (Å²) in [5.74, 6) is 0.755. The minimum Gasteiger partial charge on any atom is -0.496 e. The molecule has 0 aliphatic heterocycles. The summed E-state index contributed by atoms with van der Waals surface area (Å²) in [6.45, 7) is 2.15. The fourth-order valence-electron chi connectivity index (χ4n) is 3.87. The number of hydrogen-bond acceptors (Lipinski definition) is 5. The monoisotopic (exact) mass is 558 g/mol. The molecule has 0 aromatic heterocycles. The maximum atomic E-state index is 13.7. The van der Waals surface area contributed by atoms with Crippen LogP contribution >= 0.6 is 23.2 Å². The van der Waals surface area contributed by atoms with Crippen LogP contribution in [0.15, 0.2) is 66.7 Å². The van der Waals surface area contributed by atoms with Gasteiger partial charge in [-0.1, -0.05) is 66.5 Å². The summed E-state index contributed by atoms with van der Waals surface area (Å²) in [5.41, 5.74) is 1.46. The van der Waals surface area contributed by atoms with E-state index in [9.17, 15) is 9.59 Å². The highest BCUT2D eigenvalue weighted by atomic mass is 35.5. The normalized spacial score (nSPS) is 11.4. The lowest BCUT2D eigenvalue weighted by Crippen LogP contribution is -2.51. The average Bonchev–Trinajstić information content (AvgIpc) is 2.93. The van der Waals surface area contributed by atoms with Crippen molar-refractivity contribution in [2.75, 3.05) is 27.4 Å². The van der Waals surface area contributed by atoms with Gasteiger partial charge in [0.2, 0.25) is 5.91 Å². The predicted molar refractivity (Wildman–Crippen MR) is 149 cm³/mol. The number of ether oxygens (including phenoxy) is 3. The van der Waals surface area contributed by atoms with E-state index >= 15 is 0 Å². The Morgan fingerprint density at radius 3 is 2.08 bits per heavy atom. The molecule has 1 atom stereocenters. The summed E-state index contributed by atoms with van der Waals surface area (Å²) in [7, 11) is 3.06. The molecule has 202 valence electrons. The molecule has 2 amide bonds. The molecule has 0 radical (unpaired) electrons. The number of methoxy groups -OCH3 is 2. The molecule has 0 unspecified atom stereocenters. The van der Waals surface area contributed by atoms with E-state index in [1.54, 1.807) is 36.4 Å². The Balaban J connectivity index is 1.95. The van der Waals surface area contributed by atoms with Crippen LogP contribution in [0, 0.1) is 0 Å². The third-order valence-electron chi connectivity index (χ3n) is 5.90. The molecule has 0 bridgehead atoms. The standard InChI is InChI=1S/C29H32Cl2N2O5/c1-4-13-32-29(35)27(14-20-9-6-5-7-10-20)33(18-24-25(30)11-8-12-26(24)31)28(34)19-38-23-16-21(36-2)15-22(17-23)37-3/h5-12,15-17,27H,4,13-14,18-19H2,1-3H3,(H,32,35)/t27-/m1/s1. The Morgan fingerprint density at radius 2 is 1.50 bits per heavy atom. The molecular formula is C29H32Cl2N2O5. The van der Waals surface area contributed by atoms with Crippen molar-refractivity contribution in [3.05, 3.63) is 87.9 Å². The summed E-state index contributed by atoms with van der Waals surface area (Å²) >= 11 is 12.9. The zero-order valence-electron chi connectivity index (χ0n) is 21.7. The second kappa shape index (κ2) is 14.5. The number of rotatable bonds is 13. The highest BCUT2D eigenvalue weighted by molar-refractivity contribution is 6.36. The molecule has 3 aromatic carbocycles. The summed E-state index contributed by atoms with van der Waals surface area (Å²) in [4.78, 5) is 28.6. The molecule has 1 N–H and O–H groups in total. The minimum atomic E-state index is -0.827. The quantitative estimate of drug-likeness (QED) is 0.297. The van der Waals surface area contributed by atoms with Gasteiger partial charge in [0, 0.05) is 53.3 Å². The van der Waals surface area contributed by atoms with E-state index in [-0.39, 0.29) is 19.1 Å². The van der Waals surface area contributed by atoms with Crippen molar-refractivity contribution < 1.29 is 23.8 Å². The SMILES string of the molecule is CCCNC(=O)[C@@H](Cc1ccccc1)N(Cc1c(Cl)cccc1Cl)C(=O)COc1cc(OC)cc(OC)c1. The van der Waals surface area contributed by atoms with E-state index in [1.165, 1.54) is 19.1 Å². The number of halogens is 2. The van der Waals surface area contributed by atoms with Gasteiger partial charge in [0.25, 0.3) is 5.91 Å². The number of carbonyl (C=O) groups excluding carboxylic acids is 2. The summed E-state index contributed by atoms with van der Waals surface area (Å²) in [5, 5.41) is 3.74. The lowest BCUT2D eigenvalue weighted by molar-refractivity contribution is -0.142. The van der Waals surface area contributed by atoms with Crippen LogP contribution in [0.25, 0.3) is 0 Å². The van der Waals surface area contributed by atoms with Crippen molar-refractivity contribution in [3.63, 3.8) is 0 Å². The van der Waals surface area contributed by atoms with Crippen molar-refractivity contribution in [2.24, 2.45) is 0 Å². The molecule has 0 saturated heterocycles. The molecular weight excluding hydrogens is 527 g/mol. The van der Waals surface area contributed by atoms with Crippen molar-refractivity contribution in [3.8, 4) is 17.2 Å². The van der Waals surface area contributed by atoms with Crippen molar-refractivity contribution in [2.45, 2.75) is 32.4 Å². The van der Waals surface area contributed by atoms with Crippen LogP contribution in [0.3, 0.4) is 0 Å². The molecule has 0 spiro atoms. The van der Waals surface area contributed by atoms with Crippen LogP contribution in [0.2, 0.25) is 10.0 Å². The summed E-state index contributed by atoms with van der Waals surface area (Å²) in [6.07, 6.45) is 1.06. The lowest BCUT2D eigenvalue weighted by atomic mass is 10.0. The van der Waals surface area contributed by atoms with Gasteiger partial charge in [-0.25, -0.2) is 0 Å². The first-order valence-electron chi connectivity index (χ1n) is 12.3. The maximum Gasteiger partial charge on any atom is 0.261 e. The van der Waals surface area contributed by atoms with Gasteiger partial charge in [-0.3, -0.25) is 9.59 Å². The van der Waals surface area contributed by atoms with E-state index in [1.807, 2.05) is 37.3 Å². The zero-order valence-corrected chi connectivity index (χ0v) is 23.2. The van der Waals surface area contributed by atoms with Gasteiger partial charge in [-0.2, -0.15) is 0 Å². The Labute approximate surface area is 233 Å². The molecule has 0 aliphatic carbocycles. The summed E-state index contributed by atoms with van der Waals surface area (Å²) in [6, 6.07) is 18.9. The summed E-state index contributed by atoms with van der Waals surface area (Å²) < 4.78 is 16.4. The fraction of sp³-hybridized carbons (Fsp3) is 0.310. The highest BCUT2D eigenvalue weighted by Gasteiger charge is 2.31. The molecule has 3 rings (SSSR count). The van der Waals surface area contributed by atoms with Crippen LogP contribution < -0.4 is 19.5 Å². The van der Waals surface area contributed by atoms with Gasteiger partial charge in [0.1, 0.15) is 23.3 Å². The van der Waals surface area contributed by atoms with Gasteiger partial charge < -0.3 is 24.4 Å². The largest absolute Gasteiger partial charge is 0.496 e. The number of benzene rings is 3. The van der Waals surface area contributed by atoms with Crippen molar-refractivity contribution in [1.29, 1.82) is 0 Å². The Kier molecular flexibility index (Phi) is 11.1. The topological polar surface area (TPSA) is 77.1 Å². The fourth-order valence-corrected chi connectivity index (χ4v) is 4.38. The molecule has 38 heavy (non-hydrogen) atoms. The Bertz CT molecular complexity index is 1180. The van der Waals surface area contributed by atoms with Crippen molar-refractivity contribution in [1.82, 2.24) is 10.2 Å². The lowest BCUT2D eigenvalue weighted by Gasteiger charge is -2.32. The van der Waals surface area contributed by atoms with Gasteiger partial charge in [0.05, 0.1) is 14.2 Å². The average molecular weight is 559 g/mol. The first-order chi connectivity index (χ1) is 18.4. The number of hydrogen-bond donors (Lipinski definition) is 1. The first-order valence-corrected chi connectivity index (χ1v) is 13.0. The van der Waals surface area contributed by atoms with Crippen molar-refractivity contribution >= 4 is 35.0 Å².